The Bertz CT molecular complexity index is 422. The Morgan fingerprint density at radius 2 is 2.18 bits per heavy atom. The highest BCUT2D eigenvalue weighted by molar-refractivity contribution is 9.10. The van der Waals surface area contributed by atoms with Crippen LogP contribution in [0.1, 0.15) is 18.4 Å². The number of nitrogens with one attached hydrogen (secondary N) is 1. The molecule has 0 aromatic heterocycles. The van der Waals surface area contributed by atoms with Gasteiger partial charge in [-0.15, -0.1) is 0 Å². The first-order valence-corrected chi connectivity index (χ1v) is 7.76. The summed E-state index contributed by atoms with van der Waals surface area (Å²) in [5.41, 5.74) is 1.65. The average molecular weight is 311 g/mol. The van der Waals surface area contributed by atoms with Crippen molar-refractivity contribution >= 4 is 33.4 Å². The Morgan fingerprint density at radius 3 is 2.88 bits per heavy atom. The molecule has 1 aliphatic rings. The molecule has 0 atom stereocenters. The zero-order valence-electron chi connectivity index (χ0n) is 9.58. The molecule has 1 aliphatic heterocycles. The number of anilines is 1. The van der Waals surface area contributed by atoms with Gasteiger partial charge >= 0.3 is 0 Å². The molecule has 1 saturated heterocycles. The summed E-state index contributed by atoms with van der Waals surface area (Å²) in [6, 6.07) is 8.08. The molecule has 1 fully saturated rings. The van der Waals surface area contributed by atoms with E-state index in [1.807, 2.05) is 30.0 Å². The van der Waals surface area contributed by atoms with Crippen LogP contribution in [0.15, 0.2) is 22.7 Å². The first-order chi connectivity index (χ1) is 8.31. The lowest BCUT2D eigenvalue weighted by molar-refractivity contribution is 0.516. The van der Waals surface area contributed by atoms with E-state index >= 15 is 0 Å². The number of hydrogen-bond acceptors (Lipinski definition) is 3. The summed E-state index contributed by atoms with van der Waals surface area (Å²) in [7, 11) is 0. The molecule has 2 nitrogen and oxygen atoms in total. The van der Waals surface area contributed by atoms with Gasteiger partial charge in [-0.25, -0.2) is 0 Å². The SMILES string of the molecule is N#Cc1c(Br)cccc1NCC1CCSCC1. The van der Waals surface area contributed by atoms with Gasteiger partial charge in [0.1, 0.15) is 6.07 Å². The quantitative estimate of drug-likeness (QED) is 0.920. The van der Waals surface area contributed by atoms with E-state index < -0.39 is 0 Å². The fourth-order valence-corrected chi connectivity index (χ4v) is 3.65. The molecule has 0 bridgehead atoms. The average Bonchev–Trinajstić information content (AvgIpc) is 2.37. The maximum Gasteiger partial charge on any atom is 0.103 e. The van der Waals surface area contributed by atoms with Gasteiger partial charge in [-0.05, 0) is 58.3 Å². The Morgan fingerprint density at radius 1 is 1.41 bits per heavy atom. The third-order valence-electron chi connectivity index (χ3n) is 3.05. The van der Waals surface area contributed by atoms with Gasteiger partial charge in [0.25, 0.3) is 0 Å². The lowest BCUT2D eigenvalue weighted by Gasteiger charge is -2.22. The maximum atomic E-state index is 9.11. The molecule has 0 amide bonds. The summed E-state index contributed by atoms with van der Waals surface area (Å²) < 4.78 is 0.865. The van der Waals surface area contributed by atoms with E-state index in [1.54, 1.807) is 0 Å². The third-order valence-corrected chi connectivity index (χ3v) is 4.76. The van der Waals surface area contributed by atoms with Crippen molar-refractivity contribution in [2.45, 2.75) is 12.8 Å². The van der Waals surface area contributed by atoms with E-state index in [4.69, 9.17) is 5.26 Å². The zero-order chi connectivity index (χ0) is 12.1. The second-order valence-corrected chi connectivity index (χ2v) is 6.29. The number of thioether (sulfide) groups is 1. The molecule has 1 aromatic carbocycles. The fraction of sp³-hybridized carbons (Fsp3) is 0.462. The first-order valence-electron chi connectivity index (χ1n) is 5.81. The van der Waals surface area contributed by atoms with Crippen LogP contribution in [0.2, 0.25) is 0 Å². The molecule has 0 radical (unpaired) electrons. The van der Waals surface area contributed by atoms with Crippen LogP contribution in [0.4, 0.5) is 5.69 Å². The lowest BCUT2D eigenvalue weighted by Crippen LogP contribution is -2.19. The van der Waals surface area contributed by atoms with Crippen LogP contribution >= 0.6 is 27.7 Å². The van der Waals surface area contributed by atoms with Crippen LogP contribution in [0, 0.1) is 17.2 Å². The van der Waals surface area contributed by atoms with Crippen molar-refractivity contribution in [1.82, 2.24) is 0 Å². The Kier molecular flexibility index (Phi) is 4.75. The lowest BCUT2D eigenvalue weighted by atomic mass is 10.0. The predicted octanol–water partition coefficient (Wildman–Crippen LogP) is 3.88. The topological polar surface area (TPSA) is 35.8 Å². The van der Waals surface area contributed by atoms with Crippen molar-refractivity contribution in [2.75, 3.05) is 23.4 Å². The molecule has 1 heterocycles. The first kappa shape index (κ1) is 12.8. The molecule has 0 unspecified atom stereocenters. The van der Waals surface area contributed by atoms with Gasteiger partial charge in [0.15, 0.2) is 0 Å². The van der Waals surface area contributed by atoms with Gasteiger partial charge in [-0.1, -0.05) is 6.07 Å². The molecule has 0 aliphatic carbocycles. The van der Waals surface area contributed by atoms with Crippen LogP contribution in [0.5, 0.6) is 0 Å². The summed E-state index contributed by atoms with van der Waals surface area (Å²) in [6.07, 6.45) is 2.57. The van der Waals surface area contributed by atoms with Gasteiger partial charge in [0.2, 0.25) is 0 Å². The summed E-state index contributed by atoms with van der Waals surface area (Å²) in [4.78, 5) is 0. The highest BCUT2D eigenvalue weighted by Crippen LogP contribution is 2.26. The van der Waals surface area contributed by atoms with Gasteiger partial charge in [-0.3, -0.25) is 0 Å². The summed E-state index contributed by atoms with van der Waals surface area (Å²) in [5.74, 6) is 3.30. The third kappa shape index (κ3) is 3.40. The van der Waals surface area contributed by atoms with E-state index in [-0.39, 0.29) is 0 Å². The number of hydrogen-bond donors (Lipinski definition) is 1. The zero-order valence-corrected chi connectivity index (χ0v) is 12.0. The van der Waals surface area contributed by atoms with Gasteiger partial charge in [0, 0.05) is 11.0 Å². The molecule has 2 rings (SSSR count). The Labute approximate surface area is 115 Å². The predicted molar refractivity (Wildman–Crippen MR) is 77.4 cm³/mol. The minimum atomic E-state index is 0.706. The van der Waals surface area contributed by atoms with Crippen LogP contribution < -0.4 is 5.32 Å². The monoisotopic (exact) mass is 310 g/mol. The van der Waals surface area contributed by atoms with Gasteiger partial charge < -0.3 is 5.32 Å². The standard InChI is InChI=1S/C13H15BrN2S/c14-12-2-1-3-13(11(12)8-15)16-9-10-4-6-17-7-5-10/h1-3,10,16H,4-7,9H2. The second kappa shape index (κ2) is 6.32. The van der Waals surface area contributed by atoms with E-state index in [0.29, 0.717) is 5.56 Å². The highest BCUT2D eigenvalue weighted by Gasteiger charge is 2.14. The number of halogens is 1. The van der Waals surface area contributed by atoms with Gasteiger partial charge in [0.05, 0.1) is 11.3 Å². The van der Waals surface area contributed by atoms with Crippen LogP contribution in [0.25, 0.3) is 0 Å². The maximum absolute atomic E-state index is 9.11. The second-order valence-electron chi connectivity index (χ2n) is 4.21. The van der Waals surface area contributed by atoms with E-state index in [1.165, 1.54) is 24.3 Å². The number of rotatable bonds is 3. The van der Waals surface area contributed by atoms with Crippen molar-refractivity contribution in [3.05, 3.63) is 28.2 Å². The van der Waals surface area contributed by atoms with E-state index in [2.05, 4.69) is 27.3 Å². The van der Waals surface area contributed by atoms with Crippen molar-refractivity contribution in [2.24, 2.45) is 5.92 Å². The smallest absolute Gasteiger partial charge is 0.103 e. The largest absolute Gasteiger partial charge is 0.384 e. The molecule has 1 N–H and O–H groups in total. The highest BCUT2D eigenvalue weighted by atomic mass is 79.9. The minimum Gasteiger partial charge on any atom is -0.384 e. The molecular weight excluding hydrogens is 296 g/mol. The van der Waals surface area contributed by atoms with E-state index in [9.17, 15) is 0 Å². The molecule has 1 aromatic rings. The summed E-state index contributed by atoms with van der Waals surface area (Å²) >= 11 is 5.45. The fourth-order valence-electron chi connectivity index (χ4n) is 1.99. The number of benzene rings is 1. The van der Waals surface area contributed by atoms with Gasteiger partial charge in [-0.2, -0.15) is 17.0 Å². The summed E-state index contributed by atoms with van der Waals surface area (Å²) in [5, 5.41) is 12.5. The van der Waals surface area contributed by atoms with Crippen molar-refractivity contribution in [1.29, 1.82) is 5.26 Å². The van der Waals surface area contributed by atoms with Crippen LogP contribution in [0.3, 0.4) is 0 Å². The number of nitrogens with zero attached hydrogens (tertiary/aromatic N) is 1. The van der Waals surface area contributed by atoms with Crippen molar-refractivity contribution in [3.63, 3.8) is 0 Å². The van der Waals surface area contributed by atoms with Crippen molar-refractivity contribution in [3.8, 4) is 6.07 Å². The van der Waals surface area contributed by atoms with Crippen LogP contribution in [-0.4, -0.2) is 18.1 Å². The Balaban J connectivity index is 1.99. The van der Waals surface area contributed by atoms with Crippen LogP contribution in [-0.2, 0) is 0 Å². The molecular formula is C13H15BrN2S. The molecule has 0 saturated carbocycles. The number of nitriles is 1. The summed E-state index contributed by atoms with van der Waals surface area (Å²) in [6.45, 7) is 0.978. The Hall–Kier alpha value is -0.660. The minimum absolute atomic E-state index is 0.706. The molecule has 0 spiro atoms. The molecule has 90 valence electrons. The van der Waals surface area contributed by atoms with Crippen molar-refractivity contribution < 1.29 is 0 Å². The normalized spacial score (nSPS) is 16.5. The van der Waals surface area contributed by atoms with E-state index in [0.717, 1.165) is 22.6 Å². The molecule has 17 heavy (non-hydrogen) atoms. The molecule has 4 heteroatoms.